The first-order chi connectivity index (χ1) is 8.41. The van der Waals surface area contributed by atoms with Crippen LogP contribution in [0, 0.1) is 17.8 Å². The number of hydrogen-bond donors (Lipinski definition) is 0. The summed E-state index contributed by atoms with van der Waals surface area (Å²) in [6.45, 7) is 0. The van der Waals surface area contributed by atoms with E-state index in [-0.39, 0.29) is 11.8 Å². The van der Waals surface area contributed by atoms with Crippen molar-refractivity contribution in [1.29, 1.82) is 0 Å². The highest BCUT2D eigenvalue weighted by atomic mass is 19.4. The van der Waals surface area contributed by atoms with Gasteiger partial charge in [-0.25, -0.2) is 4.39 Å². The zero-order chi connectivity index (χ0) is 13.3. The zero-order valence-corrected chi connectivity index (χ0v) is 10.1. The Morgan fingerprint density at radius 3 is 2.11 bits per heavy atom. The van der Waals surface area contributed by atoms with Gasteiger partial charge in [0.2, 0.25) is 5.83 Å². The molecule has 18 heavy (non-hydrogen) atoms. The Morgan fingerprint density at radius 2 is 1.44 bits per heavy atom. The molecule has 2 aliphatic rings. The van der Waals surface area contributed by atoms with Crippen LogP contribution in [0.3, 0.4) is 0 Å². The summed E-state index contributed by atoms with van der Waals surface area (Å²) in [5.74, 6) is -4.74. The first kappa shape index (κ1) is 13.8. The maximum Gasteiger partial charge on any atom is 0.445 e. The van der Waals surface area contributed by atoms with E-state index in [4.69, 9.17) is 0 Å². The van der Waals surface area contributed by atoms with Crippen LogP contribution >= 0.6 is 0 Å². The molecule has 0 radical (unpaired) electrons. The molecule has 0 aliphatic heterocycles. The van der Waals surface area contributed by atoms with Crippen molar-refractivity contribution in [2.24, 2.45) is 17.8 Å². The lowest BCUT2D eigenvalue weighted by atomic mass is 9.65. The van der Waals surface area contributed by atoms with E-state index in [1.54, 1.807) is 0 Å². The summed E-state index contributed by atoms with van der Waals surface area (Å²) < 4.78 is 63.4. The second-order valence-corrected chi connectivity index (χ2v) is 5.41. The number of rotatable bonds is 1. The van der Waals surface area contributed by atoms with Crippen molar-refractivity contribution in [2.75, 3.05) is 0 Å². The monoisotopic (exact) mass is 268 g/mol. The maximum atomic E-state index is 13.7. The molecule has 2 aliphatic carbocycles. The number of fused-ring (bicyclic) bond motifs is 1. The van der Waals surface area contributed by atoms with Gasteiger partial charge in [0, 0.05) is 5.92 Å². The van der Waals surface area contributed by atoms with Gasteiger partial charge in [0.05, 0.1) is 0 Å². The molecule has 0 N–H and O–H groups in total. The highest BCUT2D eigenvalue weighted by Crippen LogP contribution is 2.48. The van der Waals surface area contributed by atoms with E-state index in [1.165, 1.54) is 0 Å². The van der Waals surface area contributed by atoms with Crippen molar-refractivity contribution in [3.05, 3.63) is 11.7 Å². The molecular formula is C13H17F5. The normalized spacial score (nSPS) is 34.8. The minimum atomic E-state index is -5.19. The minimum absolute atomic E-state index is 0.0967. The third-order valence-corrected chi connectivity index (χ3v) is 4.36. The van der Waals surface area contributed by atoms with Crippen LogP contribution in [0.2, 0.25) is 0 Å². The summed E-state index contributed by atoms with van der Waals surface area (Å²) in [5.41, 5.74) is 0. The van der Waals surface area contributed by atoms with Gasteiger partial charge in [0.25, 0.3) is 0 Å². The molecule has 0 unspecified atom stereocenters. The third kappa shape index (κ3) is 2.69. The van der Waals surface area contributed by atoms with Crippen LogP contribution in [0.25, 0.3) is 0 Å². The number of halogens is 5. The SMILES string of the molecule is F/C(=C(\F)C(F)(F)F)[C@@H]1CCC[C@@H]2CCCC[C@@H]21. The molecule has 104 valence electrons. The van der Waals surface area contributed by atoms with Gasteiger partial charge >= 0.3 is 6.18 Å². The Hall–Kier alpha value is -0.610. The summed E-state index contributed by atoms with van der Waals surface area (Å²) >= 11 is 0. The summed E-state index contributed by atoms with van der Waals surface area (Å²) in [6, 6.07) is 0. The van der Waals surface area contributed by atoms with E-state index in [9.17, 15) is 22.0 Å². The lowest BCUT2D eigenvalue weighted by molar-refractivity contribution is -0.112. The van der Waals surface area contributed by atoms with Gasteiger partial charge in [0.15, 0.2) is 0 Å². The first-order valence-corrected chi connectivity index (χ1v) is 6.53. The fourth-order valence-electron chi connectivity index (χ4n) is 3.55. The van der Waals surface area contributed by atoms with E-state index in [0.29, 0.717) is 12.8 Å². The van der Waals surface area contributed by atoms with Gasteiger partial charge in [-0.1, -0.05) is 32.1 Å². The lowest BCUT2D eigenvalue weighted by Gasteiger charge is -2.40. The zero-order valence-electron chi connectivity index (χ0n) is 10.1. The van der Waals surface area contributed by atoms with Crippen LogP contribution < -0.4 is 0 Å². The molecule has 2 rings (SSSR count). The molecule has 5 heteroatoms. The first-order valence-electron chi connectivity index (χ1n) is 6.53. The molecule has 0 aromatic heterocycles. The Labute approximate surface area is 103 Å². The van der Waals surface area contributed by atoms with E-state index >= 15 is 0 Å². The van der Waals surface area contributed by atoms with E-state index < -0.39 is 23.7 Å². The fraction of sp³-hybridized carbons (Fsp3) is 0.846. The second kappa shape index (κ2) is 5.17. The van der Waals surface area contributed by atoms with Gasteiger partial charge in [-0.3, -0.25) is 0 Å². The predicted molar refractivity (Wildman–Crippen MR) is 58.1 cm³/mol. The lowest BCUT2D eigenvalue weighted by Crippen LogP contribution is -2.32. The molecule has 3 atom stereocenters. The summed E-state index contributed by atoms with van der Waals surface area (Å²) in [6.07, 6.45) is 0.449. The Morgan fingerprint density at radius 1 is 0.833 bits per heavy atom. The van der Waals surface area contributed by atoms with E-state index in [1.807, 2.05) is 0 Å². The van der Waals surface area contributed by atoms with Gasteiger partial charge in [-0.05, 0) is 24.7 Å². The van der Waals surface area contributed by atoms with Crippen LogP contribution in [0.4, 0.5) is 22.0 Å². The van der Waals surface area contributed by atoms with Crippen molar-refractivity contribution in [1.82, 2.24) is 0 Å². The summed E-state index contributed by atoms with van der Waals surface area (Å²) in [7, 11) is 0. The number of allylic oxidation sites excluding steroid dienone is 2. The Kier molecular flexibility index (Phi) is 3.97. The predicted octanol–water partition coefficient (Wildman–Crippen LogP) is 5.31. The maximum absolute atomic E-state index is 13.7. The van der Waals surface area contributed by atoms with Crippen LogP contribution in [-0.4, -0.2) is 6.18 Å². The fourth-order valence-corrected chi connectivity index (χ4v) is 3.55. The molecular weight excluding hydrogens is 251 g/mol. The van der Waals surface area contributed by atoms with Crippen LogP contribution in [-0.2, 0) is 0 Å². The van der Waals surface area contributed by atoms with Crippen molar-refractivity contribution >= 4 is 0 Å². The second-order valence-electron chi connectivity index (χ2n) is 5.41. The molecule has 0 amide bonds. The molecule has 0 saturated heterocycles. The highest BCUT2D eigenvalue weighted by molar-refractivity contribution is 5.12. The molecule has 0 nitrogen and oxygen atoms in total. The molecule has 0 bridgehead atoms. The number of alkyl halides is 3. The summed E-state index contributed by atoms with van der Waals surface area (Å²) in [5, 5.41) is 0. The van der Waals surface area contributed by atoms with Crippen LogP contribution in [0.5, 0.6) is 0 Å². The standard InChI is InChI=1S/C13H17F5/c14-11(12(15)13(16,17)18)10-7-3-5-8-4-1-2-6-9(8)10/h8-10H,1-7H2/b12-11-/t8-,9-,10+/m0/s1. The smallest absolute Gasteiger partial charge is 0.208 e. The van der Waals surface area contributed by atoms with Crippen molar-refractivity contribution in [3.8, 4) is 0 Å². The van der Waals surface area contributed by atoms with Crippen LogP contribution in [0.15, 0.2) is 11.7 Å². The Bertz CT molecular complexity index is 329. The van der Waals surface area contributed by atoms with Gasteiger partial charge < -0.3 is 0 Å². The molecule has 0 heterocycles. The van der Waals surface area contributed by atoms with Crippen molar-refractivity contribution in [3.63, 3.8) is 0 Å². The summed E-state index contributed by atoms with van der Waals surface area (Å²) in [4.78, 5) is 0. The van der Waals surface area contributed by atoms with Crippen molar-refractivity contribution < 1.29 is 22.0 Å². The third-order valence-electron chi connectivity index (χ3n) is 4.36. The van der Waals surface area contributed by atoms with Gasteiger partial charge in [0.1, 0.15) is 5.83 Å². The average molecular weight is 268 g/mol. The molecule has 0 spiro atoms. The van der Waals surface area contributed by atoms with E-state index in [0.717, 1.165) is 32.1 Å². The highest BCUT2D eigenvalue weighted by Gasteiger charge is 2.44. The quantitative estimate of drug-likeness (QED) is 0.566. The van der Waals surface area contributed by atoms with Crippen LogP contribution in [0.1, 0.15) is 44.9 Å². The molecule has 0 aromatic carbocycles. The van der Waals surface area contributed by atoms with E-state index in [2.05, 4.69) is 0 Å². The molecule has 0 aromatic rings. The Balaban J connectivity index is 2.20. The van der Waals surface area contributed by atoms with Gasteiger partial charge in [-0.2, -0.15) is 17.6 Å². The van der Waals surface area contributed by atoms with Gasteiger partial charge in [-0.15, -0.1) is 0 Å². The van der Waals surface area contributed by atoms with Crippen molar-refractivity contribution in [2.45, 2.75) is 51.1 Å². The largest absolute Gasteiger partial charge is 0.445 e. The topological polar surface area (TPSA) is 0 Å². The average Bonchev–Trinajstić information content (AvgIpc) is 2.35. The minimum Gasteiger partial charge on any atom is -0.208 e. The molecule has 2 fully saturated rings. The molecule has 2 saturated carbocycles. The number of hydrogen-bond acceptors (Lipinski definition) is 0.